The van der Waals surface area contributed by atoms with Gasteiger partial charge in [0.25, 0.3) is 0 Å². The van der Waals surface area contributed by atoms with Crippen LogP contribution in [0.5, 0.6) is 0 Å². The summed E-state index contributed by atoms with van der Waals surface area (Å²) in [6, 6.07) is 0.539. The quantitative estimate of drug-likeness (QED) is 0.509. The third kappa shape index (κ3) is 4.95. The Kier molecular flexibility index (Phi) is 7.51. The fourth-order valence-corrected chi connectivity index (χ4v) is 6.61. The summed E-state index contributed by atoms with van der Waals surface area (Å²) in [5.41, 5.74) is 0. The molecule has 120 valence electrons. The van der Waals surface area contributed by atoms with Crippen LogP contribution in [0.15, 0.2) is 18.7 Å². The van der Waals surface area contributed by atoms with Crippen LogP contribution in [0.1, 0.15) is 71.3 Å². The molecule has 1 atom stereocenters. The van der Waals surface area contributed by atoms with E-state index >= 15 is 0 Å². The van der Waals surface area contributed by atoms with E-state index < -0.39 is 0 Å². The molecule has 0 amide bonds. The molecule has 0 radical (unpaired) electrons. The number of imidazole rings is 1. The summed E-state index contributed by atoms with van der Waals surface area (Å²) < 4.78 is 2.68. The van der Waals surface area contributed by atoms with Crippen molar-refractivity contribution in [3.63, 3.8) is 0 Å². The van der Waals surface area contributed by atoms with Crippen LogP contribution < -0.4 is 0 Å². The molecule has 1 unspecified atom stereocenters. The van der Waals surface area contributed by atoms with Crippen molar-refractivity contribution in [2.45, 2.75) is 75.3 Å². The lowest BCUT2D eigenvalue weighted by Gasteiger charge is -2.34. The Labute approximate surface area is 138 Å². The predicted octanol–water partition coefficient (Wildman–Crippen LogP) is 5.76. The summed E-state index contributed by atoms with van der Waals surface area (Å²) in [6.45, 7) is 4.66. The van der Waals surface area contributed by atoms with E-state index in [2.05, 4.69) is 53.1 Å². The van der Waals surface area contributed by atoms with Gasteiger partial charge in [-0.15, -0.1) is 23.5 Å². The van der Waals surface area contributed by atoms with Crippen molar-refractivity contribution in [2.24, 2.45) is 0 Å². The Morgan fingerprint density at radius 1 is 1.10 bits per heavy atom. The van der Waals surface area contributed by atoms with Crippen LogP contribution in [0.4, 0.5) is 0 Å². The van der Waals surface area contributed by atoms with Crippen LogP contribution in [-0.2, 0) is 0 Å². The Balaban J connectivity index is 1.76. The van der Waals surface area contributed by atoms with Crippen LogP contribution in [0.3, 0.4) is 0 Å². The maximum atomic E-state index is 4.23. The summed E-state index contributed by atoms with van der Waals surface area (Å²) in [6.07, 6.45) is 17.2. The molecule has 0 aromatic carbocycles. The van der Waals surface area contributed by atoms with Crippen LogP contribution in [0.25, 0.3) is 0 Å². The van der Waals surface area contributed by atoms with Gasteiger partial charge in [0.1, 0.15) is 0 Å². The summed E-state index contributed by atoms with van der Waals surface area (Å²) in [4.78, 5) is 4.23. The number of thioether (sulfide) groups is 2. The molecule has 1 aromatic rings. The summed E-state index contributed by atoms with van der Waals surface area (Å²) in [7, 11) is 0. The molecular weight excluding hydrogens is 296 g/mol. The molecule has 1 saturated heterocycles. The van der Waals surface area contributed by atoms with E-state index in [-0.39, 0.29) is 0 Å². The largest absolute Gasteiger partial charge is 0.332 e. The van der Waals surface area contributed by atoms with Gasteiger partial charge in [0, 0.05) is 23.9 Å². The third-order valence-corrected chi connectivity index (χ3v) is 8.36. The van der Waals surface area contributed by atoms with Gasteiger partial charge in [-0.05, 0) is 13.3 Å². The van der Waals surface area contributed by atoms with E-state index in [1.54, 1.807) is 0 Å². The van der Waals surface area contributed by atoms with Gasteiger partial charge in [-0.2, -0.15) is 0 Å². The Bertz CT molecular complexity index is 372. The molecule has 1 fully saturated rings. The highest BCUT2D eigenvalue weighted by molar-refractivity contribution is 8.21. The van der Waals surface area contributed by atoms with Gasteiger partial charge in [0.05, 0.1) is 16.4 Å². The summed E-state index contributed by atoms with van der Waals surface area (Å²) >= 11 is 4.36. The number of aromatic nitrogens is 2. The number of hydrogen-bond donors (Lipinski definition) is 0. The first kappa shape index (κ1) is 17.3. The number of hydrogen-bond acceptors (Lipinski definition) is 3. The van der Waals surface area contributed by atoms with Crippen molar-refractivity contribution in [1.82, 2.24) is 9.55 Å². The lowest BCUT2D eigenvalue weighted by Crippen LogP contribution is -2.29. The fourth-order valence-electron chi connectivity index (χ4n) is 3.12. The molecule has 1 aromatic heterocycles. The van der Waals surface area contributed by atoms with Crippen molar-refractivity contribution in [1.29, 1.82) is 0 Å². The molecule has 1 aliphatic heterocycles. The molecule has 2 nitrogen and oxygen atoms in total. The first-order chi connectivity index (χ1) is 10.3. The molecule has 0 N–H and O–H groups in total. The molecule has 0 saturated carbocycles. The van der Waals surface area contributed by atoms with Gasteiger partial charge < -0.3 is 4.57 Å². The Morgan fingerprint density at radius 3 is 2.38 bits per heavy atom. The minimum atomic E-state index is 0.379. The van der Waals surface area contributed by atoms with Crippen molar-refractivity contribution in [3.05, 3.63) is 18.7 Å². The monoisotopic (exact) mass is 326 g/mol. The normalized spacial score (nSPS) is 19.0. The molecule has 1 aliphatic rings. The number of rotatable bonds is 10. The van der Waals surface area contributed by atoms with E-state index in [1.807, 2.05) is 12.5 Å². The van der Waals surface area contributed by atoms with Gasteiger partial charge in [-0.25, -0.2) is 4.98 Å². The number of nitrogens with zero attached hydrogens (tertiary/aromatic N) is 2. The molecular formula is C17H30N2S2. The van der Waals surface area contributed by atoms with Gasteiger partial charge in [0.15, 0.2) is 0 Å². The second-order valence-electron chi connectivity index (χ2n) is 6.07. The van der Waals surface area contributed by atoms with Gasteiger partial charge in [-0.3, -0.25) is 0 Å². The average molecular weight is 327 g/mol. The highest BCUT2D eigenvalue weighted by Crippen LogP contribution is 2.54. The van der Waals surface area contributed by atoms with Crippen LogP contribution >= 0.6 is 23.5 Å². The summed E-state index contributed by atoms with van der Waals surface area (Å²) in [5.74, 6) is 2.61. The van der Waals surface area contributed by atoms with Crippen molar-refractivity contribution < 1.29 is 0 Å². The maximum absolute atomic E-state index is 4.23. The van der Waals surface area contributed by atoms with Crippen LogP contribution in [0.2, 0.25) is 0 Å². The van der Waals surface area contributed by atoms with Crippen LogP contribution in [0, 0.1) is 0 Å². The minimum absolute atomic E-state index is 0.379. The van der Waals surface area contributed by atoms with Gasteiger partial charge in [0.2, 0.25) is 0 Å². The predicted molar refractivity (Wildman–Crippen MR) is 97.2 cm³/mol. The van der Waals surface area contributed by atoms with Crippen molar-refractivity contribution >= 4 is 23.5 Å². The Morgan fingerprint density at radius 2 is 1.76 bits per heavy atom. The molecule has 2 heterocycles. The molecule has 2 rings (SSSR count). The smallest absolute Gasteiger partial charge is 0.0949 e. The SMILES string of the molecule is CCCCCCCCCC1(C(C)n2ccnc2)SCCS1. The van der Waals surface area contributed by atoms with E-state index in [9.17, 15) is 0 Å². The topological polar surface area (TPSA) is 17.8 Å². The average Bonchev–Trinajstić information content (AvgIpc) is 3.18. The number of unbranched alkanes of at least 4 members (excludes halogenated alkanes) is 6. The first-order valence-corrected chi connectivity index (χ1v) is 10.5. The van der Waals surface area contributed by atoms with E-state index in [0.29, 0.717) is 10.1 Å². The van der Waals surface area contributed by atoms with E-state index in [0.717, 1.165) is 0 Å². The highest BCUT2D eigenvalue weighted by atomic mass is 32.2. The third-order valence-electron chi connectivity index (χ3n) is 4.51. The lowest BCUT2D eigenvalue weighted by atomic mass is 10.0. The lowest BCUT2D eigenvalue weighted by molar-refractivity contribution is 0.454. The zero-order chi connectivity index (χ0) is 15.0. The van der Waals surface area contributed by atoms with E-state index in [4.69, 9.17) is 0 Å². The molecule has 0 spiro atoms. The van der Waals surface area contributed by atoms with E-state index in [1.165, 1.54) is 62.9 Å². The molecule has 0 bridgehead atoms. The second kappa shape index (κ2) is 9.14. The zero-order valence-corrected chi connectivity index (χ0v) is 15.2. The molecule has 0 aliphatic carbocycles. The first-order valence-electron chi connectivity index (χ1n) is 8.54. The van der Waals surface area contributed by atoms with Crippen molar-refractivity contribution in [3.8, 4) is 0 Å². The van der Waals surface area contributed by atoms with Gasteiger partial charge in [-0.1, -0.05) is 51.9 Å². The standard InChI is InChI=1S/C17H30N2S2/c1-3-4-5-6-7-8-9-10-17(20-13-14-21-17)16(2)19-12-11-18-15-19/h11-12,15-16H,3-10,13-14H2,1-2H3. The highest BCUT2D eigenvalue weighted by Gasteiger charge is 2.41. The fraction of sp³-hybridized carbons (Fsp3) is 0.824. The maximum Gasteiger partial charge on any atom is 0.0949 e. The summed E-state index contributed by atoms with van der Waals surface area (Å²) in [5, 5.41) is 0. The second-order valence-corrected chi connectivity index (χ2v) is 9.18. The molecule has 21 heavy (non-hydrogen) atoms. The van der Waals surface area contributed by atoms with Crippen LogP contribution in [-0.4, -0.2) is 25.1 Å². The Hall–Kier alpha value is -0.0900. The molecule has 4 heteroatoms. The van der Waals surface area contributed by atoms with Gasteiger partial charge >= 0.3 is 0 Å². The van der Waals surface area contributed by atoms with Crippen molar-refractivity contribution in [2.75, 3.05) is 11.5 Å². The zero-order valence-electron chi connectivity index (χ0n) is 13.6. The minimum Gasteiger partial charge on any atom is -0.332 e.